The van der Waals surface area contributed by atoms with E-state index in [9.17, 15) is 23.8 Å². The van der Waals surface area contributed by atoms with Gasteiger partial charge in [-0.1, -0.05) is 0 Å². The van der Waals surface area contributed by atoms with Crippen LogP contribution in [-0.2, 0) is 6.42 Å². The molecule has 0 aliphatic carbocycles. The van der Waals surface area contributed by atoms with Gasteiger partial charge in [-0.15, -0.1) is 0 Å². The summed E-state index contributed by atoms with van der Waals surface area (Å²) in [6, 6.07) is 1.41. The molecule has 0 radical (unpaired) electrons. The Morgan fingerprint density at radius 3 is 2.25 bits per heavy atom. The van der Waals surface area contributed by atoms with E-state index in [1.807, 2.05) is 0 Å². The number of aliphatic hydroxyl groups is 2. The molecule has 1 aromatic rings. The molecule has 8 heteroatoms. The van der Waals surface area contributed by atoms with Gasteiger partial charge in [-0.3, -0.25) is 9.78 Å². The van der Waals surface area contributed by atoms with Gasteiger partial charge in [0.05, 0.1) is 28.1 Å². The number of alkyl halides is 2. The standard InChI is InChI=1S/C16H25F2N3O3/c1-15(2,23)11(17)7-10-13(14(19)22)9(5-6-20-10)21-8-12(18)16(3,4)24/h5-6,11-12,23-24H,7-8H2,1-4H3,(H2,19,22)(H,20,21)/t11-,12-/m1/s1. The highest BCUT2D eigenvalue weighted by molar-refractivity contribution is 5.99. The lowest BCUT2D eigenvalue weighted by Crippen LogP contribution is -2.38. The molecule has 0 fully saturated rings. The summed E-state index contributed by atoms with van der Waals surface area (Å²) in [6.07, 6.45) is -2.25. The van der Waals surface area contributed by atoms with Crippen LogP contribution in [0.2, 0.25) is 0 Å². The first-order valence-electron chi connectivity index (χ1n) is 7.58. The second-order valence-electron chi connectivity index (χ2n) is 6.87. The van der Waals surface area contributed by atoms with Crippen LogP contribution in [0.15, 0.2) is 12.3 Å². The van der Waals surface area contributed by atoms with Gasteiger partial charge < -0.3 is 21.3 Å². The predicted molar refractivity (Wildman–Crippen MR) is 87.3 cm³/mol. The Morgan fingerprint density at radius 2 is 1.79 bits per heavy atom. The molecule has 0 unspecified atom stereocenters. The monoisotopic (exact) mass is 345 g/mol. The van der Waals surface area contributed by atoms with Crippen LogP contribution in [0.3, 0.4) is 0 Å². The number of rotatable bonds is 8. The fourth-order valence-electron chi connectivity index (χ4n) is 1.95. The third-order valence-electron chi connectivity index (χ3n) is 3.65. The number of carbonyl (C=O) groups excluding carboxylic acids is 1. The molecule has 0 aliphatic heterocycles. The third-order valence-corrected chi connectivity index (χ3v) is 3.65. The van der Waals surface area contributed by atoms with E-state index < -0.39 is 29.5 Å². The molecule has 0 aliphatic rings. The van der Waals surface area contributed by atoms with E-state index in [0.717, 1.165) is 0 Å². The van der Waals surface area contributed by atoms with Crippen molar-refractivity contribution in [2.45, 2.75) is 57.7 Å². The number of aromatic nitrogens is 1. The van der Waals surface area contributed by atoms with Crippen molar-refractivity contribution in [2.24, 2.45) is 5.73 Å². The van der Waals surface area contributed by atoms with E-state index in [1.165, 1.54) is 40.0 Å². The van der Waals surface area contributed by atoms with Crippen LogP contribution in [0.25, 0.3) is 0 Å². The Bertz CT molecular complexity index is 583. The smallest absolute Gasteiger partial charge is 0.252 e. The second-order valence-corrected chi connectivity index (χ2v) is 6.87. The molecular weight excluding hydrogens is 320 g/mol. The van der Waals surface area contributed by atoms with E-state index in [-0.39, 0.29) is 29.9 Å². The van der Waals surface area contributed by atoms with Gasteiger partial charge >= 0.3 is 0 Å². The maximum atomic E-state index is 14.1. The third kappa shape index (κ3) is 5.38. The molecule has 2 atom stereocenters. The molecule has 0 aromatic carbocycles. The fourth-order valence-corrected chi connectivity index (χ4v) is 1.95. The lowest BCUT2D eigenvalue weighted by Gasteiger charge is -2.24. The normalized spacial score (nSPS) is 15.0. The van der Waals surface area contributed by atoms with Crippen molar-refractivity contribution in [2.75, 3.05) is 11.9 Å². The van der Waals surface area contributed by atoms with E-state index in [2.05, 4.69) is 10.3 Å². The number of hydrogen-bond acceptors (Lipinski definition) is 5. The number of carbonyl (C=O) groups is 1. The van der Waals surface area contributed by atoms with E-state index in [1.54, 1.807) is 0 Å². The Morgan fingerprint density at radius 1 is 1.25 bits per heavy atom. The molecule has 0 spiro atoms. The predicted octanol–water partition coefficient (Wildman–Crippen LogP) is 1.35. The maximum absolute atomic E-state index is 14.1. The Hall–Kier alpha value is -1.80. The molecule has 1 heterocycles. The zero-order valence-corrected chi connectivity index (χ0v) is 14.3. The van der Waals surface area contributed by atoms with Crippen molar-refractivity contribution in [1.82, 2.24) is 4.98 Å². The summed E-state index contributed by atoms with van der Waals surface area (Å²) in [5.41, 5.74) is 2.39. The fraction of sp³-hybridized carbons (Fsp3) is 0.625. The quantitative estimate of drug-likeness (QED) is 0.569. The first kappa shape index (κ1) is 20.2. The molecule has 1 rings (SSSR count). The highest BCUT2D eigenvalue weighted by Gasteiger charge is 2.30. The number of pyridine rings is 1. The number of nitrogens with one attached hydrogen (secondary N) is 1. The van der Waals surface area contributed by atoms with Crippen LogP contribution in [0.1, 0.15) is 43.7 Å². The van der Waals surface area contributed by atoms with Crippen LogP contribution < -0.4 is 11.1 Å². The summed E-state index contributed by atoms with van der Waals surface area (Å²) >= 11 is 0. The number of anilines is 1. The number of halogens is 2. The Balaban J connectivity index is 3.06. The second kappa shape index (κ2) is 7.40. The first-order valence-corrected chi connectivity index (χ1v) is 7.58. The number of nitrogens with two attached hydrogens (primary N) is 1. The molecular formula is C16H25F2N3O3. The zero-order valence-electron chi connectivity index (χ0n) is 14.3. The van der Waals surface area contributed by atoms with Crippen molar-refractivity contribution in [3.8, 4) is 0 Å². The van der Waals surface area contributed by atoms with Crippen molar-refractivity contribution in [3.05, 3.63) is 23.5 Å². The molecule has 1 amide bonds. The van der Waals surface area contributed by atoms with Gasteiger partial charge in [-0.2, -0.15) is 0 Å². The molecule has 6 nitrogen and oxygen atoms in total. The van der Waals surface area contributed by atoms with Crippen LogP contribution >= 0.6 is 0 Å². The van der Waals surface area contributed by atoms with Gasteiger partial charge in [0.1, 0.15) is 12.3 Å². The van der Waals surface area contributed by atoms with Crippen molar-refractivity contribution in [3.63, 3.8) is 0 Å². The van der Waals surface area contributed by atoms with Crippen molar-refractivity contribution in [1.29, 1.82) is 0 Å². The first-order chi connectivity index (χ1) is 10.8. The van der Waals surface area contributed by atoms with Crippen molar-refractivity contribution < 1.29 is 23.8 Å². The lowest BCUT2D eigenvalue weighted by molar-refractivity contribution is -0.00309. The molecule has 0 saturated carbocycles. The minimum atomic E-state index is -1.66. The van der Waals surface area contributed by atoms with E-state index in [4.69, 9.17) is 5.73 Å². The Kier molecular flexibility index (Phi) is 6.24. The summed E-state index contributed by atoms with van der Waals surface area (Å²) in [6.45, 7) is 4.99. The van der Waals surface area contributed by atoms with Gasteiger partial charge in [0.2, 0.25) is 0 Å². The van der Waals surface area contributed by atoms with Gasteiger partial charge in [0.15, 0.2) is 0 Å². The number of hydrogen-bond donors (Lipinski definition) is 4. The number of nitrogens with zero attached hydrogens (tertiary/aromatic N) is 1. The van der Waals surface area contributed by atoms with Gasteiger partial charge in [0, 0.05) is 19.2 Å². The van der Waals surface area contributed by atoms with E-state index in [0.29, 0.717) is 0 Å². The molecule has 24 heavy (non-hydrogen) atoms. The Labute approximate surface area is 140 Å². The topological polar surface area (TPSA) is 108 Å². The van der Waals surface area contributed by atoms with Crippen molar-refractivity contribution >= 4 is 11.6 Å². The summed E-state index contributed by atoms with van der Waals surface area (Å²) in [5.74, 6) is -0.845. The minimum Gasteiger partial charge on any atom is -0.387 e. The van der Waals surface area contributed by atoms with Gasteiger partial charge in [0.25, 0.3) is 5.91 Å². The molecule has 5 N–H and O–H groups in total. The lowest BCUT2D eigenvalue weighted by atomic mass is 9.96. The SMILES string of the molecule is CC(C)(O)[C@H](F)CNc1ccnc(C[C@@H](F)C(C)(C)O)c1C(N)=O. The van der Waals surface area contributed by atoms with Gasteiger partial charge in [-0.25, -0.2) is 8.78 Å². The van der Waals surface area contributed by atoms with Crippen LogP contribution in [-0.4, -0.2) is 51.2 Å². The molecule has 0 saturated heterocycles. The van der Waals surface area contributed by atoms with Crippen LogP contribution in [0, 0.1) is 0 Å². The molecule has 1 aromatic heterocycles. The van der Waals surface area contributed by atoms with Crippen LogP contribution in [0.4, 0.5) is 14.5 Å². The molecule has 136 valence electrons. The largest absolute Gasteiger partial charge is 0.387 e. The summed E-state index contributed by atoms with van der Waals surface area (Å²) in [5, 5.41) is 22.0. The highest BCUT2D eigenvalue weighted by atomic mass is 19.1. The molecule has 0 bridgehead atoms. The maximum Gasteiger partial charge on any atom is 0.252 e. The number of amides is 1. The summed E-state index contributed by atoms with van der Waals surface area (Å²) in [7, 11) is 0. The van der Waals surface area contributed by atoms with Crippen LogP contribution in [0.5, 0.6) is 0 Å². The zero-order chi connectivity index (χ0) is 18.7. The summed E-state index contributed by atoms with van der Waals surface area (Å²) in [4.78, 5) is 15.7. The van der Waals surface area contributed by atoms with E-state index >= 15 is 0 Å². The number of primary amides is 1. The minimum absolute atomic E-state index is 0.0626. The average molecular weight is 345 g/mol. The average Bonchev–Trinajstić information content (AvgIpc) is 2.42. The van der Waals surface area contributed by atoms with Gasteiger partial charge in [-0.05, 0) is 33.8 Å². The summed E-state index contributed by atoms with van der Waals surface area (Å²) < 4.78 is 27.9. The highest BCUT2D eigenvalue weighted by Crippen LogP contribution is 2.24.